The van der Waals surface area contributed by atoms with E-state index in [-0.39, 0.29) is 36.1 Å². The Bertz CT molecular complexity index is 661. The van der Waals surface area contributed by atoms with Crippen LogP contribution in [0.4, 0.5) is 0 Å². The molecule has 0 aromatic carbocycles. The lowest BCUT2D eigenvalue weighted by Crippen LogP contribution is -2.38. The molecule has 0 saturated carbocycles. The number of hydrogen-bond donors (Lipinski definition) is 1. The van der Waals surface area contributed by atoms with E-state index in [0.717, 1.165) is 12.8 Å². The number of aliphatic hydroxyl groups excluding tert-OH is 1. The van der Waals surface area contributed by atoms with Gasteiger partial charge in [-0.2, -0.15) is 0 Å². The van der Waals surface area contributed by atoms with Gasteiger partial charge in [0.15, 0.2) is 11.5 Å². The van der Waals surface area contributed by atoms with Crippen molar-refractivity contribution in [2.75, 3.05) is 32.9 Å². The van der Waals surface area contributed by atoms with Crippen LogP contribution >= 0.6 is 11.3 Å². The molecule has 3 fully saturated rings. The number of rotatable bonds is 2. The van der Waals surface area contributed by atoms with Crippen LogP contribution in [0, 0.1) is 11.8 Å². The average molecular weight is 337 g/mol. The molecule has 23 heavy (non-hydrogen) atoms. The fourth-order valence-corrected chi connectivity index (χ4v) is 5.64. The largest absolute Gasteiger partial charge is 0.485 e. The van der Waals surface area contributed by atoms with Crippen molar-refractivity contribution in [2.45, 2.75) is 24.5 Å². The second-order valence-corrected chi connectivity index (χ2v) is 7.73. The molecule has 1 amide bonds. The lowest BCUT2D eigenvalue weighted by atomic mass is 9.74. The van der Waals surface area contributed by atoms with Crippen molar-refractivity contribution >= 4 is 17.2 Å². The number of nitrogens with zero attached hydrogens (tertiary/aromatic N) is 1. The highest BCUT2D eigenvalue weighted by Gasteiger charge is 2.63. The third-order valence-electron chi connectivity index (χ3n) is 5.78. The number of thiophene rings is 1. The predicted molar refractivity (Wildman–Crippen MR) is 82.1 cm³/mol. The average Bonchev–Trinajstić information content (AvgIpc) is 3.31. The van der Waals surface area contributed by atoms with Crippen LogP contribution in [0.2, 0.25) is 0 Å². The van der Waals surface area contributed by atoms with E-state index in [1.54, 1.807) is 0 Å². The molecule has 1 spiro atoms. The number of ether oxygens (including phenoxy) is 3. The summed E-state index contributed by atoms with van der Waals surface area (Å²) in [4.78, 5) is 15.5. The molecule has 1 N–H and O–H groups in total. The summed E-state index contributed by atoms with van der Waals surface area (Å²) in [7, 11) is 0. The molecule has 4 aliphatic heterocycles. The van der Waals surface area contributed by atoms with E-state index >= 15 is 0 Å². The number of amides is 1. The molecule has 4 aliphatic rings. The Kier molecular flexibility index (Phi) is 2.96. The standard InChI is InChI=1S/C16H19NO5S/c18-6-9-10-5-17(8-16(10)2-1-11(9)22-16)15(19)14-13-12(7-23-14)20-3-4-21-13/h7,9-11,18H,1-6,8H2/t9-,10+,11+,16+/m1/s1. The van der Waals surface area contributed by atoms with Gasteiger partial charge in [-0.1, -0.05) is 0 Å². The summed E-state index contributed by atoms with van der Waals surface area (Å²) >= 11 is 1.38. The van der Waals surface area contributed by atoms with E-state index < -0.39 is 0 Å². The quantitative estimate of drug-likeness (QED) is 0.876. The highest BCUT2D eigenvalue weighted by molar-refractivity contribution is 7.12. The van der Waals surface area contributed by atoms with Crippen LogP contribution in [0.25, 0.3) is 0 Å². The normalized spacial score (nSPS) is 37.3. The Morgan fingerprint density at radius 2 is 2.30 bits per heavy atom. The zero-order valence-electron chi connectivity index (χ0n) is 12.7. The number of fused-ring (bicyclic) bond motifs is 2. The van der Waals surface area contributed by atoms with Crippen molar-refractivity contribution in [1.29, 1.82) is 0 Å². The monoisotopic (exact) mass is 337 g/mol. The molecule has 0 radical (unpaired) electrons. The van der Waals surface area contributed by atoms with Gasteiger partial charge in [0.2, 0.25) is 0 Å². The van der Waals surface area contributed by atoms with Crippen molar-refractivity contribution < 1.29 is 24.1 Å². The summed E-state index contributed by atoms with van der Waals surface area (Å²) < 4.78 is 17.4. The fraction of sp³-hybridized carbons (Fsp3) is 0.688. The first-order valence-corrected chi connectivity index (χ1v) is 9.05. The Morgan fingerprint density at radius 3 is 3.17 bits per heavy atom. The summed E-state index contributed by atoms with van der Waals surface area (Å²) in [5.41, 5.74) is -0.234. The first-order chi connectivity index (χ1) is 11.2. The van der Waals surface area contributed by atoms with E-state index in [9.17, 15) is 9.90 Å². The molecular weight excluding hydrogens is 318 g/mol. The minimum Gasteiger partial charge on any atom is -0.485 e. The molecule has 0 aliphatic carbocycles. The number of likely N-dealkylation sites (tertiary alicyclic amines) is 1. The molecule has 5 rings (SSSR count). The van der Waals surface area contributed by atoms with Gasteiger partial charge in [0.25, 0.3) is 5.91 Å². The highest BCUT2D eigenvalue weighted by Crippen LogP contribution is 2.55. The van der Waals surface area contributed by atoms with E-state index in [0.29, 0.717) is 42.7 Å². The number of aliphatic hydroxyl groups is 1. The van der Waals surface area contributed by atoms with Crippen LogP contribution in [0.3, 0.4) is 0 Å². The molecule has 4 atom stereocenters. The second-order valence-electron chi connectivity index (χ2n) is 6.85. The molecule has 7 heteroatoms. The van der Waals surface area contributed by atoms with Crippen LogP contribution in [-0.2, 0) is 4.74 Å². The van der Waals surface area contributed by atoms with Crippen LogP contribution < -0.4 is 9.47 Å². The Balaban J connectivity index is 1.41. The summed E-state index contributed by atoms with van der Waals surface area (Å²) in [5.74, 6) is 1.67. The molecule has 3 saturated heterocycles. The maximum absolute atomic E-state index is 13.0. The van der Waals surface area contributed by atoms with Gasteiger partial charge in [-0.25, -0.2) is 0 Å². The summed E-state index contributed by atoms with van der Waals surface area (Å²) in [6, 6.07) is 0. The van der Waals surface area contributed by atoms with Crippen molar-refractivity contribution in [2.24, 2.45) is 11.8 Å². The molecule has 1 aromatic heterocycles. The van der Waals surface area contributed by atoms with Gasteiger partial charge in [-0.05, 0) is 12.8 Å². The zero-order valence-corrected chi connectivity index (χ0v) is 13.5. The molecule has 2 bridgehead atoms. The number of carbonyl (C=O) groups is 1. The fourth-order valence-electron chi connectivity index (χ4n) is 4.74. The first kappa shape index (κ1) is 14.1. The van der Waals surface area contributed by atoms with Gasteiger partial charge in [-0.3, -0.25) is 4.79 Å². The first-order valence-electron chi connectivity index (χ1n) is 8.17. The smallest absolute Gasteiger partial charge is 0.268 e. The number of carbonyl (C=O) groups excluding carboxylic acids is 1. The lowest BCUT2D eigenvalue weighted by Gasteiger charge is -2.27. The Hall–Kier alpha value is -1.31. The van der Waals surface area contributed by atoms with Gasteiger partial charge in [0.05, 0.1) is 18.2 Å². The van der Waals surface area contributed by atoms with Crippen molar-refractivity contribution in [3.63, 3.8) is 0 Å². The van der Waals surface area contributed by atoms with Crippen LogP contribution in [-0.4, -0.2) is 60.5 Å². The third-order valence-corrected chi connectivity index (χ3v) is 6.70. The predicted octanol–water partition coefficient (Wildman–Crippen LogP) is 1.13. The highest BCUT2D eigenvalue weighted by atomic mass is 32.1. The Morgan fingerprint density at radius 1 is 1.43 bits per heavy atom. The van der Waals surface area contributed by atoms with Crippen LogP contribution in [0.15, 0.2) is 5.38 Å². The van der Waals surface area contributed by atoms with E-state index in [4.69, 9.17) is 14.2 Å². The molecule has 124 valence electrons. The van der Waals surface area contributed by atoms with Gasteiger partial charge >= 0.3 is 0 Å². The van der Waals surface area contributed by atoms with Gasteiger partial charge in [0.1, 0.15) is 18.1 Å². The Labute approximate surface area is 137 Å². The summed E-state index contributed by atoms with van der Waals surface area (Å²) in [6.07, 6.45) is 2.16. The molecule has 0 unspecified atom stereocenters. The van der Waals surface area contributed by atoms with Crippen molar-refractivity contribution in [1.82, 2.24) is 4.90 Å². The zero-order chi connectivity index (χ0) is 15.6. The van der Waals surface area contributed by atoms with Crippen molar-refractivity contribution in [3.05, 3.63) is 10.3 Å². The number of hydrogen-bond acceptors (Lipinski definition) is 6. The van der Waals surface area contributed by atoms with Gasteiger partial charge in [-0.15, -0.1) is 11.3 Å². The molecule has 5 heterocycles. The maximum Gasteiger partial charge on any atom is 0.268 e. The second kappa shape index (κ2) is 4.84. The summed E-state index contributed by atoms with van der Waals surface area (Å²) in [5, 5.41) is 11.5. The minimum absolute atomic E-state index is 0.00531. The maximum atomic E-state index is 13.0. The SMILES string of the molecule is O=C(c1scc2c1OCCO2)N1C[C@H]2[C@@H](CO)[C@@H]3CC[C@@]2(C1)O3. The van der Waals surface area contributed by atoms with Crippen molar-refractivity contribution in [3.8, 4) is 11.5 Å². The summed E-state index contributed by atoms with van der Waals surface area (Å²) in [6.45, 7) is 2.43. The van der Waals surface area contributed by atoms with Crippen LogP contribution in [0.5, 0.6) is 11.5 Å². The van der Waals surface area contributed by atoms with E-state index in [1.807, 2.05) is 10.3 Å². The van der Waals surface area contributed by atoms with E-state index in [1.165, 1.54) is 11.3 Å². The van der Waals surface area contributed by atoms with E-state index in [2.05, 4.69) is 0 Å². The van der Waals surface area contributed by atoms with Gasteiger partial charge in [0, 0.05) is 30.4 Å². The molecule has 6 nitrogen and oxygen atoms in total. The molecular formula is C16H19NO5S. The third kappa shape index (κ3) is 1.84. The molecule has 1 aromatic rings. The van der Waals surface area contributed by atoms with Gasteiger partial charge < -0.3 is 24.2 Å². The topological polar surface area (TPSA) is 68.2 Å². The minimum atomic E-state index is -0.234. The van der Waals surface area contributed by atoms with Crippen LogP contribution in [0.1, 0.15) is 22.5 Å². The lowest BCUT2D eigenvalue weighted by molar-refractivity contribution is 0.00154.